The highest BCUT2D eigenvalue weighted by Gasteiger charge is 2.52. The Morgan fingerprint density at radius 3 is 3.00 bits per heavy atom. The molecule has 98 valence electrons. The van der Waals surface area contributed by atoms with E-state index in [4.69, 9.17) is 10.5 Å². The number of fused-ring (bicyclic) bond motifs is 1. The third kappa shape index (κ3) is 2.06. The zero-order valence-corrected chi connectivity index (χ0v) is 13.3. The molecular formula is C11H12Br2N2O2S. The van der Waals surface area contributed by atoms with Gasteiger partial charge in [0.2, 0.25) is 0 Å². The van der Waals surface area contributed by atoms with Gasteiger partial charge in [0, 0.05) is 23.0 Å². The van der Waals surface area contributed by atoms with Crippen LogP contribution in [0, 0.1) is 5.92 Å². The number of carbonyl (C=O) groups excluding carboxylic acids is 1. The number of nitrogens with two attached hydrogens (primary N) is 1. The van der Waals surface area contributed by atoms with Crippen molar-refractivity contribution in [3.8, 4) is 0 Å². The molecule has 1 aliphatic heterocycles. The van der Waals surface area contributed by atoms with Crippen LogP contribution in [0.15, 0.2) is 14.3 Å². The van der Waals surface area contributed by atoms with Crippen LogP contribution in [0.2, 0.25) is 0 Å². The van der Waals surface area contributed by atoms with Gasteiger partial charge in [0.25, 0.3) is 5.91 Å². The lowest BCUT2D eigenvalue weighted by molar-refractivity contribution is -0.0160. The van der Waals surface area contributed by atoms with E-state index in [2.05, 4.69) is 37.2 Å². The predicted molar refractivity (Wildman–Crippen MR) is 76.8 cm³/mol. The molecular weight excluding hydrogens is 384 g/mol. The van der Waals surface area contributed by atoms with E-state index < -0.39 is 0 Å². The number of nitrogens with one attached hydrogen (secondary N) is 1. The van der Waals surface area contributed by atoms with Gasteiger partial charge < -0.3 is 15.8 Å². The van der Waals surface area contributed by atoms with E-state index in [1.807, 2.05) is 0 Å². The maximum absolute atomic E-state index is 12.1. The lowest BCUT2D eigenvalue weighted by Gasteiger charge is -2.45. The van der Waals surface area contributed by atoms with E-state index in [0.29, 0.717) is 10.8 Å². The van der Waals surface area contributed by atoms with E-state index in [-0.39, 0.29) is 24.1 Å². The summed E-state index contributed by atoms with van der Waals surface area (Å²) in [5.74, 6) is 0.331. The van der Waals surface area contributed by atoms with E-state index in [0.717, 1.165) is 21.3 Å². The molecule has 1 aliphatic carbocycles. The van der Waals surface area contributed by atoms with Crippen LogP contribution in [0.3, 0.4) is 0 Å². The van der Waals surface area contributed by atoms with Crippen molar-refractivity contribution < 1.29 is 9.53 Å². The van der Waals surface area contributed by atoms with Gasteiger partial charge in [-0.2, -0.15) is 0 Å². The summed E-state index contributed by atoms with van der Waals surface area (Å²) >= 11 is 8.16. The molecule has 0 spiro atoms. The van der Waals surface area contributed by atoms with Gasteiger partial charge in [0.05, 0.1) is 20.8 Å². The maximum atomic E-state index is 12.1. The molecule has 2 heterocycles. The topological polar surface area (TPSA) is 64.3 Å². The summed E-state index contributed by atoms with van der Waals surface area (Å²) in [5.41, 5.74) is 6.06. The largest absolute Gasteiger partial charge is 0.376 e. The van der Waals surface area contributed by atoms with Crippen LogP contribution in [-0.2, 0) is 4.74 Å². The molecule has 3 rings (SSSR count). The van der Waals surface area contributed by atoms with Gasteiger partial charge in [-0.05, 0) is 44.3 Å². The number of amides is 1. The van der Waals surface area contributed by atoms with E-state index in [1.54, 1.807) is 6.07 Å². The zero-order valence-electron chi connectivity index (χ0n) is 9.36. The first-order chi connectivity index (χ1) is 8.58. The van der Waals surface area contributed by atoms with Gasteiger partial charge in [0.1, 0.15) is 0 Å². The Kier molecular flexibility index (Phi) is 3.53. The highest BCUT2D eigenvalue weighted by molar-refractivity contribution is 9.13. The van der Waals surface area contributed by atoms with Crippen molar-refractivity contribution in [2.24, 2.45) is 11.7 Å². The normalized spacial score (nSPS) is 33.9. The second kappa shape index (κ2) is 4.86. The molecule has 1 saturated heterocycles. The fourth-order valence-electron chi connectivity index (χ4n) is 2.61. The fourth-order valence-corrected chi connectivity index (χ4v) is 4.55. The summed E-state index contributed by atoms with van der Waals surface area (Å²) in [6.45, 7) is 0.755. The standard InChI is InChI=1S/C11H12Br2N2O2S/c12-5-3-6(18-10(5)13)11(16)15-8-7(14)4-1-2-17-9(4)8/h3-4,7-9H,1-2,14H2,(H,15,16). The summed E-state index contributed by atoms with van der Waals surface area (Å²) in [6.07, 6.45) is 1.12. The number of ether oxygens (including phenoxy) is 1. The zero-order chi connectivity index (χ0) is 12.9. The average molecular weight is 396 g/mol. The molecule has 1 saturated carbocycles. The number of rotatable bonds is 2. The summed E-state index contributed by atoms with van der Waals surface area (Å²) in [6, 6.07) is 1.78. The molecule has 4 nitrogen and oxygen atoms in total. The first kappa shape index (κ1) is 13.1. The Bertz CT molecular complexity index is 474. The average Bonchev–Trinajstić information content (AvgIpc) is 2.91. The molecule has 0 aromatic carbocycles. The summed E-state index contributed by atoms with van der Waals surface area (Å²) in [7, 11) is 0. The van der Waals surface area contributed by atoms with Crippen molar-refractivity contribution in [2.75, 3.05) is 6.61 Å². The monoisotopic (exact) mass is 394 g/mol. The highest BCUT2D eigenvalue weighted by atomic mass is 79.9. The molecule has 1 aromatic rings. The molecule has 1 aromatic heterocycles. The molecule has 2 fully saturated rings. The minimum absolute atomic E-state index is 0.0216. The van der Waals surface area contributed by atoms with E-state index in [9.17, 15) is 4.79 Å². The molecule has 7 heteroatoms. The third-order valence-electron chi connectivity index (χ3n) is 3.61. The quantitative estimate of drug-likeness (QED) is 0.805. The Balaban J connectivity index is 1.68. The molecule has 3 N–H and O–H groups in total. The minimum Gasteiger partial charge on any atom is -0.376 e. The number of hydrogen-bond acceptors (Lipinski definition) is 4. The molecule has 4 atom stereocenters. The first-order valence-corrected chi connectivity index (χ1v) is 8.11. The van der Waals surface area contributed by atoms with Crippen molar-refractivity contribution in [1.29, 1.82) is 0 Å². The van der Waals surface area contributed by atoms with Crippen LogP contribution in [-0.4, -0.2) is 30.7 Å². The molecule has 1 amide bonds. The van der Waals surface area contributed by atoms with E-state index in [1.165, 1.54) is 11.3 Å². The van der Waals surface area contributed by atoms with Crippen molar-refractivity contribution in [1.82, 2.24) is 5.32 Å². The molecule has 18 heavy (non-hydrogen) atoms. The minimum atomic E-state index is -0.0826. The number of hydrogen-bond donors (Lipinski definition) is 2. The van der Waals surface area contributed by atoms with Gasteiger partial charge in [-0.1, -0.05) is 0 Å². The van der Waals surface area contributed by atoms with Crippen LogP contribution in [0.25, 0.3) is 0 Å². The number of carbonyl (C=O) groups is 1. The summed E-state index contributed by atoms with van der Waals surface area (Å²) < 4.78 is 7.40. The molecule has 4 unspecified atom stereocenters. The van der Waals surface area contributed by atoms with E-state index >= 15 is 0 Å². The second-order valence-electron chi connectivity index (χ2n) is 4.60. The first-order valence-electron chi connectivity index (χ1n) is 5.71. The Morgan fingerprint density at radius 2 is 2.33 bits per heavy atom. The van der Waals surface area contributed by atoms with Gasteiger partial charge >= 0.3 is 0 Å². The highest BCUT2D eigenvalue weighted by Crippen LogP contribution is 2.38. The fraction of sp³-hybridized carbons (Fsp3) is 0.545. The predicted octanol–water partition coefficient (Wildman–Crippen LogP) is 2.12. The van der Waals surface area contributed by atoms with Crippen molar-refractivity contribution >= 4 is 49.1 Å². The summed E-state index contributed by atoms with van der Waals surface area (Å²) in [4.78, 5) is 12.8. The Morgan fingerprint density at radius 1 is 1.56 bits per heavy atom. The van der Waals surface area contributed by atoms with Crippen LogP contribution < -0.4 is 11.1 Å². The third-order valence-corrected chi connectivity index (χ3v) is 6.87. The van der Waals surface area contributed by atoms with Crippen molar-refractivity contribution in [3.63, 3.8) is 0 Å². The number of thiophene rings is 1. The van der Waals surface area contributed by atoms with Gasteiger partial charge in [-0.3, -0.25) is 4.79 Å². The summed E-state index contributed by atoms with van der Waals surface area (Å²) in [5, 5.41) is 2.97. The second-order valence-corrected chi connectivity index (χ2v) is 7.82. The van der Waals surface area contributed by atoms with Crippen molar-refractivity contribution in [2.45, 2.75) is 24.6 Å². The molecule has 2 aliphatic rings. The molecule has 0 bridgehead atoms. The Labute approximate surface area is 126 Å². The Hall–Kier alpha value is 0.0500. The maximum Gasteiger partial charge on any atom is 0.261 e. The van der Waals surface area contributed by atoms with Gasteiger partial charge in [-0.25, -0.2) is 0 Å². The smallest absolute Gasteiger partial charge is 0.261 e. The van der Waals surface area contributed by atoms with Gasteiger partial charge in [0.15, 0.2) is 0 Å². The van der Waals surface area contributed by atoms with Crippen LogP contribution >= 0.6 is 43.2 Å². The lowest BCUT2D eigenvalue weighted by atomic mass is 9.72. The molecule has 0 radical (unpaired) electrons. The SMILES string of the molecule is NC1C2CCOC2C1NC(=O)c1cc(Br)c(Br)s1. The number of halogens is 2. The van der Waals surface area contributed by atoms with Gasteiger partial charge in [-0.15, -0.1) is 11.3 Å². The van der Waals surface area contributed by atoms with Crippen LogP contribution in [0.5, 0.6) is 0 Å². The van der Waals surface area contributed by atoms with Crippen LogP contribution in [0.1, 0.15) is 16.1 Å². The lowest BCUT2D eigenvalue weighted by Crippen LogP contribution is -2.68. The van der Waals surface area contributed by atoms with Crippen LogP contribution in [0.4, 0.5) is 0 Å². The van der Waals surface area contributed by atoms with Crippen molar-refractivity contribution in [3.05, 3.63) is 19.2 Å².